The summed E-state index contributed by atoms with van der Waals surface area (Å²) in [5.74, 6) is -1.40. The van der Waals surface area contributed by atoms with Gasteiger partial charge in [-0.1, -0.05) is 0 Å². The van der Waals surface area contributed by atoms with Gasteiger partial charge in [-0.2, -0.15) is 0 Å². The van der Waals surface area contributed by atoms with E-state index in [0.717, 1.165) is 0 Å². The number of Topliss-reactive ketones (excluding diaryl/α,β-unsaturated/α-hetero) is 2. The number of nitrogens with zero attached hydrogens (tertiary/aromatic N) is 4. The fourth-order valence-corrected chi connectivity index (χ4v) is 4.62. The first-order valence-electron chi connectivity index (χ1n) is 11.3. The molecule has 8 nitrogen and oxygen atoms in total. The van der Waals surface area contributed by atoms with Gasteiger partial charge in [0, 0.05) is 6.92 Å². The van der Waals surface area contributed by atoms with Crippen molar-refractivity contribution in [2.24, 2.45) is 15.0 Å². The second kappa shape index (κ2) is 8.49. The number of ketones is 2. The molecule has 0 atom stereocenters. The zero-order valence-corrected chi connectivity index (χ0v) is 20.2. The summed E-state index contributed by atoms with van der Waals surface area (Å²) >= 11 is 0. The Labute approximate surface area is 207 Å². The summed E-state index contributed by atoms with van der Waals surface area (Å²) in [7, 11) is 0. The molecule has 0 aromatic carbocycles. The first kappa shape index (κ1) is 23.0. The molecule has 0 unspecified atom stereocenters. The molecule has 1 N–H and O–H groups in total. The van der Waals surface area contributed by atoms with Crippen LogP contribution in [0.2, 0.25) is 0 Å². The van der Waals surface area contributed by atoms with Crippen molar-refractivity contribution >= 4 is 46.3 Å². The molecule has 1 aromatic rings. The molecule has 4 aliphatic rings. The van der Waals surface area contributed by atoms with E-state index >= 15 is 0 Å². The van der Waals surface area contributed by atoms with Gasteiger partial charge in [-0.15, -0.1) is 0 Å². The number of aromatic nitrogens is 1. The van der Waals surface area contributed by atoms with Gasteiger partial charge in [0.15, 0.2) is 11.6 Å². The molecule has 0 radical (unpaired) electrons. The Hall–Kier alpha value is -4.72. The van der Waals surface area contributed by atoms with E-state index < -0.39 is 17.5 Å². The fraction of sp³-hybridized carbons (Fsp3) is 0.143. The second-order valence-corrected chi connectivity index (χ2v) is 8.69. The van der Waals surface area contributed by atoms with Gasteiger partial charge in [0.25, 0.3) is 0 Å². The Morgan fingerprint density at radius 1 is 0.694 bits per heavy atom. The molecule has 4 aliphatic heterocycles. The van der Waals surface area contributed by atoms with Gasteiger partial charge in [0.2, 0.25) is 5.91 Å². The molecule has 0 aliphatic carbocycles. The standard InChI is InChI=1S/C28H22N4O4/c1-14(33)25-23-10-9-21(31-23)12-20-6-5-18(29-20)11-19-7-8-22(30-19)13-24-26(15(2)34)27(16(3)35)28(25)32(24)17(4)36/h5-13,33H,1-4H3. The third kappa shape index (κ3) is 3.82. The zero-order chi connectivity index (χ0) is 25.7. The second-order valence-electron chi connectivity index (χ2n) is 8.69. The number of allylic oxidation sites excluding steroid dienone is 10. The molecule has 0 saturated heterocycles. The maximum atomic E-state index is 13.1. The minimum atomic E-state index is -0.435. The van der Waals surface area contributed by atoms with Gasteiger partial charge < -0.3 is 5.11 Å². The lowest BCUT2D eigenvalue weighted by Gasteiger charge is -2.13. The predicted molar refractivity (Wildman–Crippen MR) is 140 cm³/mol. The molecule has 8 bridgehead atoms. The van der Waals surface area contributed by atoms with Crippen LogP contribution in [-0.4, -0.2) is 44.3 Å². The average molecular weight is 479 g/mol. The number of fused-ring (bicyclic) bond motifs is 5. The Morgan fingerprint density at radius 3 is 1.75 bits per heavy atom. The molecule has 178 valence electrons. The van der Waals surface area contributed by atoms with Crippen molar-refractivity contribution in [1.82, 2.24) is 4.57 Å². The summed E-state index contributed by atoms with van der Waals surface area (Å²) in [6, 6.07) is 0. The highest BCUT2D eigenvalue weighted by Crippen LogP contribution is 2.36. The number of hydrogen-bond acceptors (Lipinski definition) is 7. The van der Waals surface area contributed by atoms with Gasteiger partial charge in [-0.3, -0.25) is 19.0 Å². The van der Waals surface area contributed by atoms with E-state index in [1.165, 1.54) is 32.3 Å². The number of aliphatic hydroxyl groups is 1. The molecule has 1 aromatic heterocycles. The quantitative estimate of drug-likeness (QED) is 0.476. The normalized spacial score (nSPS) is 18.9. The van der Waals surface area contributed by atoms with E-state index in [-0.39, 0.29) is 33.8 Å². The smallest absolute Gasteiger partial charge is 0.228 e. The fourth-order valence-electron chi connectivity index (χ4n) is 4.62. The third-order valence-electron chi connectivity index (χ3n) is 5.98. The number of aliphatic imine (C=N–C) groups is 3. The number of hydrogen-bond donors (Lipinski definition) is 1. The topological polar surface area (TPSA) is 113 Å². The number of aliphatic hydroxyl groups excluding tert-OH is 1. The van der Waals surface area contributed by atoms with Gasteiger partial charge in [-0.05, 0) is 75.5 Å². The summed E-state index contributed by atoms with van der Waals surface area (Å²) in [5, 5.41) is 10.8. The summed E-state index contributed by atoms with van der Waals surface area (Å²) in [6.45, 7) is 5.46. The highest BCUT2D eigenvalue weighted by molar-refractivity contribution is 6.33. The average Bonchev–Trinajstić information content (AvgIpc) is 3.56. The van der Waals surface area contributed by atoms with Gasteiger partial charge in [0.05, 0.1) is 62.3 Å². The monoisotopic (exact) mass is 478 g/mol. The van der Waals surface area contributed by atoms with Crippen LogP contribution in [0, 0.1) is 0 Å². The lowest BCUT2D eigenvalue weighted by atomic mass is 9.95. The van der Waals surface area contributed by atoms with Crippen molar-refractivity contribution in [3.05, 3.63) is 94.0 Å². The van der Waals surface area contributed by atoms with Crippen LogP contribution in [0.5, 0.6) is 0 Å². The SMILES string of the molecule is CC(=O)c1c(C(C)=O)c2n(C(C)=O)c1C=C1C=CC(=N1)C=C1C=CC(=N1)C=C1C=CC(=N1)C2=C(C)O. The molecule has 8 heteroatoms. The molecule has 36 heavy (non-hydrogen) atoms. The van der Waals surface area contributed by atoms with Crippen molar-refractivity contribution in [2.75, 3.05) is 0 Å². The first-order chi connectivity index (χ1) is 17.1. The van der Waals surface area contributed by atoms with Crippen molar-refractivity contribution < 1.29 is 19.5 Å². The minimum Gasteiger partial charge on any atom is -0.512 e. The number of carbonyl (C=O) groups is 3. The predicted octanol–water partition coefficient (Wildman–Crippen LogP) is 5.00. The zero-order valence-electron chi connectivity index (χ0n) is 20.2. The molecule has 0 spiro atoms. The van der Waals surface area contributed by atoms with Crippen LogP contribution >= 0.6 is 0 Å². The van der Waals surface area contributed by atoms with Crippen LogP contribution in [0.15, 0.2) is 86.4 Å². The largest absolute Gasteiger partial charge is 0.512 e. The van der Waals surface area contributed by atoms with Crippen molar-refractivity contribution in [2.45, 2.75) is 27.7 Å². The van der Waals surface area contributed by atoms with Gasteiger partial charge in [-0.25, -0.2) is 15.0 Å². The Balaban J connectivity index is 1.94. The Morgan fingerprint density at radius 2 is 1.22 bits per heavy atom. The molecule has 0 saturated carbocycles. The van der Waals surface area contributed by atoms with Crippen LogP contribution in [-0.2, 0) is 0 Å². The maximum Gasteiger partial charge on any atom is 0.228 e. The summed E-state index contributed by atoms with van der Waals surface area (Å²) in [4.78, 5) is 52.7. The first-order valence-corrected chi connectivity index (χ1v) is 11.3. The molecule has 5 heterocycles. The molecular formula is C28H22N4O4. The summed E-state index contributed by atoms with van der Waals surface area (Å²) in [6.07, 6.45) is 16.0. The van der Waals surface area contributed by atoms with E-state index in [9.17, 15) is 19.5 Å². The third-order valence-corrected chi connectivity index (χ3v) is 5.98. The maximum absolute atomic E-state index is 13.1. The minimum absolute atomic E-state index is 0.0467. The van der Waals surface area contributed by atoms with Crippen LogP contribution < -0.4 is 0 Å². The van der Waals surface area contributed by atoms with Crippen molar-refractivity contribution in [1.29, 1.82) is 0 Å². The number of carbonyl (C=O) groups excluding carboxylic acids is 3. The number of rotatable bonds is 2. The summed E-state index contributed by atoms with van der Waals surface area (Å²) < 4.78 is 1.29. The Bertz CT molecular complexity index is 1600. The van der Waals surface area contributed by atoms with Gasteiger partial charge in [0.1, 0.15) is 5.76 Å². The molecule has 0 fully saturated rings. The summed E-state index contributed by atoms with van der Waals surface area (Å²) in [5.41, 5.74) is 4.15. The highest BCUT2D eigenvalue weighted by Gasteiger charge is 2.33. The van der Waals surface area contributed by atoms with E-state index in [1.807, 2.05) is 18.2 Å². The van der Waals surface area contributed by atoms with Crippen LogP contribution in [0.3, 0.4) is 0 Å². The van der Waals surface area contributed by atoms with E-state index in [0.29, 0.717) is 34.2 Å². The highest BCUT2D eigenvalue weighted by atomic mass is 16.3. The van der Waals surface area contributed by atoms with E-state index in [4.69, 9.17) is 0 Å². The van der Waals surface area contributed by atoms with Crippen LogP contribution in [0.25, 0.3) is 11.6 Å². The molecule has 5 rings (SSSR count). The van der Waals surface area contributed by atoms with Crippen LogP contribution in [0.1, 0.15) is 64.6 Å². The molecular weight excluding hydrogens is 456 g/mol. The van der Waals surface area contributed by atoms with Crippen LogP contribution in [0.4, 0.5) is 0 Å². The van der Waals surface area contributed by atoms with Crippen molar-refractivity contribution in [3.8, 4) is 0 Å². The van der Waals surface area contributed by atoms with E-state index in [2.05, 4.69) is 15.0 Å². The van der Waals surface area contributed by atoms with Crippen molar-refractivity contribution in [3.63, 3.8) is 0 Å². The lowest BCUT2D eigenvalue weighted by Crippen LogP contribution is -2.16. The van der Waals surface area contributed by atoms with Gasteiger partial charge >= 0.3 is 0 Å². The molecule has 0 amide bonds. The Kier molecular flexibility index (Phi) is 5.44. The van der Waals surface area contributed by atoms with E-state index in [1.54, 1.807) is 36.5 Å². The lowest BCUT2D eigenvalue weighted by molar-refractivity contribution is 0.0935.